The zero-order valence-corrected chi connectivity index (χ0v) is 59.0. The van der Waals surface area contributed by atoms with Crippen LogP contribution in [-0.4, -0.2) is 47.4 Å². The van der Waals surface area contributed by atoms with E-state index >= 15 is 0 Å². The Hall–Kier alpha value is -1.92. The highest BCUT2D eigenvalue weighted by atomic mass is 16.5. The Balaban J connectivity index is 3.37. The van der Waals surface area contributed by atoms with Gasteiger partial charge in [-0.25, -0.2) is 0 Å². The lowest BCUT2D eigenvalue weighted by Gasteiger charge is -2.22. The first-order valence-corrected chi connectivity index (χ1v) is 39.7. The van der Waals surface area contributed by atoms with Crippen LogP contribution in [0.25, 0.3) is 0 Å². The summed E-state index contributed by atoms with van der Waals surface area (Å²) in [7, 11) is 0. The highest BCUT2D eigenvalue weighted by Gasteiger charge is 2.20. The van der Waals surface area contributed by atoms with Gasteiger partial charge in [0.15, 0.2) is 0 Å². The molecule has 0 aliphatic carbocycles. The average molecular weight is 1220 g/mol. The van der Waals surface area contributed by atoms with Crippen molar-refractivity contribution in [2.24, 2.45) is 0 Å². The first-order valence-electron chi connectivity index (χ1n) is 39.7. The second kappa shape index (κ2) is 76.5. The number of hydrogen-bond acceptors (Lipinski definition) is 5. The fourth-order valence-corrected chi connectivity index (χ4v) is 12.6. The molecule has 0 rings (SSSR count). The van der Waals surface area contributed by atoms with Gasteiger partial charge in [-0.3, -0.25) is 9.59 Å². The Morgan fingerprint density at radius 3 is 0.885 bits per heavy atom. The van der Waals surface area contributed by atoms with Crippen LogP contribution in [0.4, 0.5) is 0 Å². The number of carbonyl (C=O) groups excluding carboxylic acids is 2. The molecule has 0 aromatic heterocycles. The Bertz CT molecular complexity index is 1410. The van der Waals surface area contributed by atoms with Crippen LogP contribution in [0.5, 0.6) is 0 Å². The summed E-state index contributed by atoms with van der Waals surface area (Å²) in [4.78, 5) is 24.7. The molecule has 0 saturated heterocycles. The standard InChI is InChI=1S/C81H155NO5/c1-3-5-7-9-11-13-15-17-19-21-22-38-42-45-49-53-57-61-65-69-73-79(84)78(77-83)82-80(85)74-70-66-62-58-54-50-46-43-39-36-34-32-30-28-26-24-23-25-27-29-31-33-35-37-40-44-48-52-56-60-64-68-72-76-87-81(86)75-71-67-63-59-55-51-47-41-20-18-16-14-12-10-8-6-4-2/h18,20,27,29,33,35,78-79,83-84H,3-17,19,21-26,28,30-32,34,36-77H2,1-2H3,(H,82,85)/b20-18-,29-27-,35-33-. The summed E-state index contributed by atoms with van der Waals surface area (Å²) in [5.41, 5.74) is 0. The summed E-state index contributed by atoms with van der Waals surface area (Å²) in [6, 6.07) is -0.541. The van der Waals surface area contributed by atoms with Gasteiger partial charge >= 0.3 is 5.97 Å². The summed E-state index contributed by atoms with van der Waals surface area (Å²) in [5, 5.41) is 23.4. The van der Waals surface area contributed by atoms with E-state index in [2.05, 4.69) is 55.6 Å². The van der Waals surface area contributed by atoms with Gasteiger partial charge in [0, 0.05) is 12.8 Å². The van der Waals surface area contributed by atoms with Gasteiger partial charge < -0.3 is 20.3 Å². The van der Waals surface area contributed by atoms with Gasteiger partial charge in [0.1, 0.15) is 0 Å². The normalized spacial score (nSPS) is 12.6. The second-order valence-electron chi connectivity index (χ2n) is 27.4. The second-order valence-corrected chi connectivity index (χ2v) is 27.4. The van der Waals surface area contributed by atoms with Gasteiger partial charge in [-0.15, -0.1) is 0 Å². The number of carbonyl (C=O) groups is 2. The van der Waals surface area contributed by atoms with E-state index in [0.717, 1.165) is 51.4 Å². The molecular weight excluding hydrogens is 1070 g/mol. The number of allylic oxidation sites excluding steroid dienone is 6. The van der Waals surface area contributed by atoms with E-state index in [1.165, 1.54) is 360 Å². The minimum absolute atomic E-state index is 0.0116. The summed E-state index contributed by atoms with van der Waals surface area (Å²) >= 11 is 0. The third-order valence-corrected chi connectivity index (χ3v) is 18.7. The lowest BCUT2D eigenvalue weighted by atomic mass is 10.0. The van der Waals surface area contributed by atoms with Crippen LogP contribution in [0.2, 0.25) is 0 Å². The van der Waals surface area contributed by atoms with Crippen molar-refractivity contribution in [2.75, 3.05) is 13.2 Å². The van der Waals surface area contributed by atoms with E-state index in [4.69, 9.17) is 4.74 Å². The minimum Gasteiger partial charge on any atom is -0.466 e. The fraction of sp³-hybridized carbons (Fsp3) is 0.901. The van der Waals surface area contributed by atoms with Crippen LogP contribution in [-0.2, 0) is 14.3 Å². The third kappa shape index (κ3) is 73.0. The zero-order chi connectivity index (χ0) is 62.8. The van der Waals surface area contributed by atoms with Crippen LogP contribution in [0.15, 0.2) is 36.5 Å². The Morgan fingerprint density at radius 2 is 0.575 bits per heavy atom. The Kier molecular flexibility index (Phi) is 74.8. The molecule has 0 aromatic carbocycles. The van der Waals surface area contributed by atoms with Crippen molar-refractivity contribution in [3.05, 3.63) is 36.5 Å². The summed E-state index contributed by atoms with van der Waals surface area (Å²) < 4.78 is 5.50. The molecule has 6 nitrogen and oxygen atoms in total. The molecule has 3 N–H and O–H groups in total. The fourth-order valence-electron chi connectivity index (χ4n) is 12.6. The summed E-state index contributed by atoms with van der Waals surface area (Å²) in [6.07, 6.45) is 99.5. The lowest BCUT2D eigenvalue weighted by Crippen LogP contribution is -2.45. The highest BCUT2D eigenvalue weighted by molar-refractivity contribution is 5.76. The summed E-state index contributed by atoms with van der Waals surface area (Å²) in [6.45, 7) is 4.99. The van der Waals surface area contributed by atoms with Crippen molar-refractivity contribution in [1.82, 2.24) is 5.32 Å². The lowest BCUT2D eigenvalue weighted by molar-refractivity contribution is -0.143. The van der Waals surface area contributed by atoms with Crippen LogP contribution in [0.1, 0.15) is 444 Å². The van der Waals surface area contributed by atoms with Crippen molar-refractivity contribution in [2.45, 2.75) is 456 Å². The van der Waals surface area contributed by atoms with E-state index in [9.17, 15) is 19.8 Å². The molecule has 2 atom stereocenters. The Labute approximate surface area is 544 Å². The van der Waals surface area contributed by atoms with Gasteiger partial charge in [0.2, 0.25) is 5.91 Å². The molecular formula is C81H155NO5. The van der Waals surface area contributed by atoms with Crippen molar-refractivity contribution < 1.29 is 24.5 Å². The van der Waals surface area contributed by atoms with E-state index < -0.39 is 12.1 Å². The van der Waals surface area contributed by atoms with E-state index in [1.807, 2.05) is 0 Å². The molecule has 0 spiro atoms. The van der Waals surface area contributed by atoms with Gasteiger partial charge in [0.05, 0.1) is 25.4 Å². The topological polar surface area (TPSA) is 95.9 Å². The molecule has 0 heterocycles. The number of unbranched alkanes of at least 4 members (excludes halogenated alkanes) is 58. The maximum atomic E-state index is 12.6. The zero-order valence-electron chi connectivity index (χ0n) is 59.0. The van der Waals surface area contributed by atoms with Gasteiger partial charge in [-0.2, -0.15) is 0 Å². The molecule has 0 aliphatic heterocycles. The largest absolute Gasteiger partial charge is 0.466 e. The molecule has 6 heteroatoms. The number of nitrogens with one attached hydrogen (secondary N) is 1. The molecule has 514 valence electrons. The number of ether oxygens (including phenoxy) is 1. The highest BCUT2D eigenvalue weighted by Crippen LogP contribution is 2.20. The predicted molar refractivity (Wildman–Crippen MR) is 384 cm³/mol. The Morgan fingerprint density at radius 1 is 0.322 bits per heavy atom. The molecule has 0 saturated carbocycles. The molecule has 87 heavy (non-hydrogen) atoms. The number of esters is 1. The third-order valence-electron chi connectivity index (χ3n) is 18.7. The maximum absolute atomic E-state index is 12.6. The minimum atomic E-state index is -0.664. The molecule has 0 radical (unpaired) electrons. The number of hydrogen-bond donors (Lipinski definition) is 3. The van der Waals surface area contributed by atoms with Gasteiger partial charge in [0.25, 0.3) is 0 Å². The quantitative estimate of drug-likeness (QED) is 0.0320. The van der Waals surface area contributed by atoms with E-state index in [0.29, 0.717) is 25.9 Å². The van der Waals surface area contributed by atoms with Gasteiger partial charge in [-0.1, -0.05) is 384 Å². The van der Waals surface area contributed by atoms with Crippen molar-refractivity contribution in [3.63, 3.8) is 0 Å². The van der Waals surface area contributed by atoms with Crippen molar-refractivity contribution in [1.29, 1.82) is 0 Å². The number of aliphatic hydroxyl groups is 2. The number of amides is 1. The smallest absolute Gasteiger partial charge is 0.305 e. The molecule has 1 amide bonds. The predicted octanol–water partition coefficient (Wildman–Crippen LogP) is 26.2. The number of aliphatic hydroxyl groups excluding tert-OH is 2. The molecule has 0 aromatic rings. The first kappa shape index (κ1) is 85.1. The monoisotopic (exact) mass is 1220 g/mol. The van der Waals surface area contributed by atoms with E-state index in [1.54, 1.807) is 0 Å². The van der Waals surface area contributed by atoms with Gasteiger partial charge in [-0.05, 0) is 83.5 Å². The van der Waals surface area contributed by atoms with Crippen LogP contribution in [0.3, 0.4) is 0 Å². The molecule has 0 fully saturated rings. The van der Waals surface area contributed by atoms with Crippen molar-refractivity contribution in [3.8, 4) is 0 Å². The maximum Gasteiger partial charge on any atom is 0.305 e. The van der Waals surface area contributed by atoms with Crippen LogP contribution >= 0.6 is 0 Å². The van der Waals surface area contributed by atoms with Crippen LogP contribution in [0, 0.1) is 0 Å². The van der Waals surface area contributed by atoms with E-state index in [-0.39, 0.29) is 18.5 Å². The molecule has 2 unspecified atom stereocenters. The molecule has 0 aliphatic rings. The molecule has 0 bridgehead atoms. The van der Waals surface area contributed by atoms with Crippen molar-refractivity contribution >= 4 is 11.9 Å². The SMILES string of the molecule is CCCCCCCC/C=C\CCCCCCCCCC(=O)OCCCCCCCCCCC/C=C\C/C=C\CCCCCCCCCCCCCCCCCCCC(=O)NC(CO)C(O)CCCCCCCCCCCCCCCCCCCCCC. The first-order chi connectivity index (χ1) is 43.0. The summed E-state index contributed by atoms with van der Waals surface area (Å²) in [5.74, 6) is -0.0168. The number of rotatable bonds is 75. The average Bonchev–Trinajstić information content (AvgIpc) is 3.53. The van der Waals surface area contributed by atoms with Crippen LogP contribution < -0.4 is 5.32 Å².